The maximum absolute atomic E-state index is 12.0. The van der Waals surface area contributed by atoms with E-state index in [9.17, 15) is 13.6 Å². The van der Waals surface area contributed by atoms with E-state index in [0.29, 0.717) is 12.8 Å². The van der Waals surface area contributed by atoms with Crippen LogP contribution in [0, 0.1) is 0 Å². The predicted molar refractivity (Wildman–Crippen MR) is 76.6 cm³/mol. The largest absolute Gasteiger partial charge is 0.375 e. The third-order valence-corrected chi connectivity index (χ3v) is 3.57. The number of rotatable bonds is 7. The Hall–Kier alpha value is -1.53. The van der Waals surface area contributed by atoms with Crippen LogP contribution in [0.25, 0.3) is 0 Å². The Kier molecular flexibility index (Phi) is 5.64. The molecular formula is C15H20F2N2O2. The molecule has 4 nitrogen and oxygen atoms in total. The molecule has 0 spiro atoms. The van der Waals surface area contributed by atoms with Gasteiger partial charge in [0.05, 0.1) is 0 Å². The van der Waals surface area contributed by atoms with Gasteiger partial charge in [0.1, 0.15) is 6.61 Å². The van der Waals surface area contributed by atoms with Crippen molar-refractivity contribution < 1.29 is 18.3 Å². The van der Waals surface area contributed by atoms with Crippen LogP contribution in [0.15, 0.2) is 18.2 Å². The first-order valence-corrected chi connectivity index (χ1v) is 7.06. The number of amides is 1. The number of ether oxygens (including phenoxy) is 1. The summed E-state index contributed by atoms with van der Waals surface area (Å²) in [5.41, 5.74) is 3.05. The Balaban J connectivity index is 1.97. The van der Waals surface area contributed by atoms with Gasteiger partial charge in [-0.1, -0.05) is 12.1 Å². The van der Waals surface area contributed by atoms with Crippen LogP contribution in [-0.4, -0.2) is 32.6 Å². The van der Waals surface area contributed by atoms with E-state index in [2.05, 4.69) is 16.7 Å². The molecule has 1 aromatic rings. The molecule has 1 unspecified atom stereocenters. The van der Waals surface area contributed by atoms with E-state index in [4.69, 9.17) is 4.74 Å². The fourth-order valence-corrected chi connectivity index (χ4v) is 2.47. The molecule has 0 fully saturated rings. The van der Waals surface area contributed by atoms with Crippen LogP contribution in [0.3, 0.4) is 0 Å². The average molecular weight is 298 g/mol. The second kappa shape index (κ2) is 7.47. The summed E-state index contributed by atoms with van der Waals surface area (Å²) in [7, 11) is 1.83. The van der Waals surface area contributed by atoms with E-state index >= 15 is 0 Å². The second-order valence-corrected chi connectivity index (χ2v) is 5.06. The van der Waals surface area contributed by atoms with Crippen LogP contribution in [0.1, 0.15) is 30.0 Å². The van der Waals surface area contributed by atoms with E-state index < -0.39 is 13.0 Å². The van der Waals surface area contributed by atoms with Crippen molar-refractivity contribution in [2.45, 2.75) is 31.7 Å². The molecule has 0 bridgehead atoms. The van der Waals surface area contributed by atoms with Crippen LogP contribution in [0.2, 0.25) is 0 Å². The number of carbonyl (C=O) groups is 1. The van der Waals surface area contributed by atoms with Gasteiger partial charge in [-0.05, 0) is 37.1 Å². The summed E-state index contributed by atoms with van der Waals surface area (Å²) in [4.78, 5) is 11.3. The molecule has 1 aromatic carbocycles. The van der Waals surface area contributed by atoms with Crippen molar-refractivity contribution in [3.63, 3.8) is 0 Å². The van der Waals surface area contributed by atoms with Crippen LogP contribution in [-0.2, 0) is 16.0 Å². The lowest BCUT2D eigenvalue weighted by molar-refractivity contribution is -0.116. The Labute approximate surface area is 122 Å². The lowest BCUT2D eigenvalue weighted by atomic mass is 9.96. The van der Waals surface area contributed by atoms with Gasteiger partial charge in [-0.3, -0.25) is 4.79 Å². The number of hydrogen-bond acceptors (Lipinski definition) is 3. The number of halogens is 2. The van der Waals surface area contributed by atoms with Crippen molar-refractivity contribution in [3.05, 3.63) is 29.3 Å². The quantitative estimate of drug-likeness (QED) is 0.761. The lowest BCUT2D eigenvalue weighted by Crippen LogP contribution is -2.22. The third kappa shape index (κ3) is 4.47. The minimum Gasteiger partial charge on any atom is -0.375 e. The van der Waals surface area contributed by atoms with Gasteiger partial charge < -0.3 is 15.4 Å². The number of hydrogen-bond donors (Lipinski definition) is 2. The summed E-state index contributed by atoms with van der Waals surface area (Å²) in [5.74, 6) is 0.0424. The van der Waals surface area contributed by atoms with E-state index in [0.717, 1.165) is 23.2 Å². The molecule has 21 heavy (non-hydrogen) atoms. The van der Waals surface area contributed by atoms with Gasteiger partial charge in [-0.25, -0.2) is 8.78 Å². The highest BCUT2D eigenvalue weighted by Crippen LogP contribution is 2.27. The molecule has 0 aliphatic carbocycles. The van der Waals surface area contributed by atoms with Gasteiger partial charge in [0.25, 0.3) is 6.43 Å². The molecule has 1 aliphatic rings. The van der Waals surface area contributed by atoms with Crippen LogP contribution in [0.5, 0.6) is 0 Å². The fourth-order valence-electron chi connectivity index (χ4n) is 2.47. The highest BCUT2D eigenvalue weighted by molar-refractivity contribution is 5.93. The zero-order chi connectivity index (χ0) is 15.2. The lowest BCUT2D eigenvalue weighted by Gasteiger charge is -2.21. The molecule has 0 radical (unpaired) electrons. The Bertz CT molecular complexity index is 495. The standard InChI is InChI=1S/C15H20F2N2O2/c1-18-12(6-7-21-9-14(16)17)10-2-4-13-11(8-10)3-5-15(20)19-13/h2,4,8,12,14,18H,3,5-7,9H2,1H3,(H,19,20). The summed E-state index contributed by atoms with van der Waals surface area (Å²) < 4.78 is 28.9. The molecule has 2 rings (SSSR count). The average Bonchev–Trinajstić information content (AvgIpc) is 2.46. The molecule has 1 aliphatic heterocycles. The monoisotopic (exact) mass is 298 g/mol. The summed E-state index contributed by atoms with van der Waals surface area (Å²) in [5, 5.41) is 6.01. The van der Waals surface area contributed by atoms with E-state index in [1.54, 1.807) is 0 Å². The molecule has 0 saturated heterocycles. The smallest absolute Gasteiger partial charge is 0.261 e. The fraction of sp³-hybridized carbons (Fsp3) is 0.533. The molecule has 0 saturated carbocycles. The van der Waals surface area contributed by atoms with Crippen LogP contribution >= 0.6 is 0 Å². The third-order valence-electron chi connectivity index (χ3n) is 3.57. The normalized spacial score (nSPS) is 15.7. The maximum Gasteiger partial charge on any atom is 0.261 e. The molecule has 1 heterocycles. The molecule has 116 valence electrons. The number of benzene rings is 1. The molecular weight excluding hydrogens is 278 g/mol. The topological polar surface area (TPSA) is 50.4 Å². The minimum absolute atomic E-state index is 0.0424. The van der Waals surface area contributed by atoms with Crippen molar-refractivity contribution in [3.8, 4) is 0 Å². The first kappa shape index (κ1) is 15.9. The summed E-state index contributed by atoms with van der Waals surface area (Å²) in [6.45, 7) is -0.240. The number of anilines is 1. The van der Waals surface area contributed by atoms with Crippen molar-refractivity contribution in [1.29, 1.82) is 0 Å². The van der Waals surface area contributed by atoms with Crippen LogP contribution < -0.4 is 10.6 Å². The van der Waals surface area contributed by atoms with Crippen molar-refractivity contribution in [2.75, 3.05) is 25.6 Å². The summed E-state index contributed by atoms with van der Waals surface area (Å²) in [6, 6.07) is 5.94. The van der Waals surface area contributed by atoms with Gasteiger partial charge >= 0.3 is 0 Å². The number of fused-ring (bicyclic) bond motifs is 1. The second-order valence-electron chi connectivity index (χ2n) is 5.06. The SMILES string of the molecule is CNC(CCOCC(F)F)c1ccc2c(c1)CCC(=O)N2. The summed E-state index contributed by atoms with van der Waals surface area (Å²) >= 11 is 0. The van der Waals surface area contributed by atoms with Crippen molar-refractivity contribution >= 4 is 11.6 Å². The van der Waals surface area contributed by atoms with E-state index in [1.807, 2.05) is 19.2 Å². The van der Waals surface area contributed by atoms with E-state index in [1.165, 1.54) is 0 Å². The highest BCUT2D eigenvalue weighted by Gasteiger charge is 2.17. The molecule has 1 amide bonds. The molecule has 6 heteroatoms. The van der Waals surface area contributed by atoms with Crippen molar-refractivity contribution in [1.82, 2.24) is 5.32 Å². The first-order valence-electron chi connectivity index (χ1n) is 7.06. The number of carbonyl (C=O) groups excluding carboxylic acids is 1. The zero-order valence-electron chi connectivity index (χ0n) is 12.0. The predicted octanol–water partition coefficient (Wildman–Crippen LogP) is 2.50. The van der Waals surface area contributed by atoms with Gasteiger partial charge in [0, 0.05) is 24.8 Å². The first-order chi connectivity index (χ1) is 10.1. The van der Waals surface area contributed by atoms with E-state index in [-0.39, 0.29) is 18.6 Å². The van der Waals surface area contributed by atoms with Gasteiger partial charge in [-0.15, -0.1) is 0 Å². The highest BCUT2D eigenvalue weighted by atomic mass is 19.3. The molecule has 1 atom stereocenters. The van der Waals surface area contributed by atoms with Crippen LogP contribution in [0.4, 0.5) is 14.5 Å². The summed E-state index contributed by atoms with van der Waals surface area (Å²) in [6.07, 6.45) is -0.578. The number of nitrogens with one attached hydrogen (secondary N) is 2. The van der Waals surface area contributed by atoms with Gasteiger partial charge in [0.2, 0.25) is 5.91 Å². The zero-order valence-corrected chi connectivity index (χ0v) is 12.0. The van der Waals surface area contributed by atoms with Gasteiger partial charge in [0.15, 0.2) is 0 Å². The minimum atomic E-state index is -2.43. The Morgan fingerprint density at radius 3 is 2.90 bits per heavy atom. The molecule has 0 aromatic heterocycles. The Morgan fingerprint density at radius 1 is 1.38 bits per heavy atom. The van der Waals surface area contributed by atoms with Crippen molar-refractivity contribution in [2.24, 2.45) is 0 Å². The maximum atomic E-state index is 12.0. The molecule has 2 N–H and O–H groups in total. The Morgan fingerprint density at radius 2 is 2.19 bits per heavy atom. The number of alkyl halides is 2. The number of aryl methyl sites for hydroxylation is 1. The van der Waals surface area contributed by atoms with Gasteiger partial charge in [-0.2, -0.15) is 0 Å².